The molecule has 2 rings (SSSR count). The van der Waals surface area contributed by atoms with Gasteiger partial charge in [-0.05, 0) is 36.2 Å². The van der Waals surface area contributed by atoms with E-state index in [0.29, 0.717) is 6.61 Å². The molecular formula is C15H24O2S. The van der Waals surface area contributed by atoms with E-state index in [2.05, 4.69) is 27.7 Å². The molecule has 2 fully saturated rings. The van der Waals surface area contributed by atoms with Gasteiger partial charge in [0.15, 0.2) is 0 Å². The lowest BCUT2D eigenvalue weighted by Crippen LogP contribution is -2.32. The summed E-state index contributed by atoms with van der Waals surface area (Å²) in [6.45, 7) is 11.6. The molecule has 0 amide bonds. The molecule has 102 valence electrons. The minimum atomic E-state index is -0.0535. The van der Waals surface area contributed by atoms with Crippen LogP contribution in [0.5, 0.6) is 0 Å². The average molecular weight is 268 g/mol. The van der Waals surface area contributed by atoms with Gasteiger partial charge in [-0.3, -0.25) is 4.79 Å². The van der Waals surface area contributed by atoms with E-state index in [1.807, 2.05) is 6.92 Å². The molecule has 0 spiro atoms. The van der Waals surface area contributed by atoms with Gasteiger partial charge in [-0.1, -0.05) is 34.1 Å². The van der Waals surface area contributed by atoms with Gasteiger partial charge < -0.3 is 4.74 Å². The summed E-state index contributed by atoms with van der Waals surface area (Å²) < 4.78 is 5.13. The number of esters is 1. The van der Waals surface area contributed by atoms with E-state index in [9.17, 15) is 4.79 Å². The van der Waals surface area contributed by atoms with Gasteiger partial charge in [0, 0.05) is 4.91 Å². The molecular weight excluding hydrogens is 244 g/mol. The molecule has 0 N–H and O–H groups in total. The maximum Gasteiger partial charge on any atom is 0.324 e. The highest BCUT2D eigenvalue weighted by molar-refractivity contribution is 8.12. The van der Waals surface area contributed by atoms with Crippen molar-refractivity contribution < 1.29 is 9.53 Å². The molecule has 2 nitrogen and oxygen atoms in total. The third-order valence-corrected chi connectivity index (χ3v) is 5.23. The number of thioether (sulfide) groups is 1. The fourth-order valence-corrected chi connectivity index (χ4v) is 4.70. The van der Waals surface area contributed by atoms with Crippen molar-refractivity contribution in [2.45, 2.75) is 59.1 Å². The lowest BCUT2D eigenvalue weighted by atomic mass is 9.61. The Kier molecular flexibility index (Phi) is 3.56. The van der Waals surface area contributed by atoms with Gasteiger partial charge in [0.2, 0.25) is 0 Å². The zero-order valence-electron chi connectivity index (χ0n) is 12.1. The quantitative estimate of drug-likeness (QED) is 0.556. The minimum Gasteiger partial charge on any atom is -0.465 e. The summed E-state index contributed by atoms with van der Waals surface area (Å²) in [5.41, 5.74) is 1.96. The fraction of sp³-hybridized carbons (Fsp3) is 0.800. The zero-order valence-corrected chi connectivity index (χ0v) is 12.9. The van der Waals surface area contributed by atoms with Crippen molar-refractivity contribution in [1.29, 1.82) is 0 Å². The van der Waals surface area contributed by atoms with Crippen LogP contribution in [0.25, 0.3) is 0 Å². The van der Waals surface area contributed by atoms with Gasteiger partial charge >= 0.3 is 5.97 Å². The van der Waals surface area contributed by atoms with Gasteiger partial charge in [0.05, 0.1) is 6.61 Å². The van der Waals surface area contributed by atoms with Gasteiger partial charge in [-0.2, -0.15) is 0 Å². The maximum atomic E-state index is 11.8. The lowest BCUT2D eigenvalue weighted by molar-refractivity contribution is -0.141. The smallest absolute Gasteiger partial charge is 0.324 e. The Bertz CT molecular complexity index is 375. The van der Waals surface area contributed by atoms with Crippen LogP contribution in [0.3, 0.4) is 0 Å². The molecule has 0 aromatic heterocycles. The predicted octanol–water partition coefficient (Wildman–Crippen LogP) is 4.16. The monoisotopic (exact) mass is 268 g/mol. The molecule has 18 heavy (non-hydrogen) atoms. The Hall–Kier alpha value is -0.440. The first-order chi connectivity index (χ1) is 8.29. The summed E-state index contributed by atoms with van der Waals surface area (Å²) in [6.07, 6.45) is 3.74. The Labute approximate surface area is 115 Å². The first-order valence-electron chi connectivity index (χ1n) is 6.88. The lowest BCUT2D eigenvalue weighted by Gasteiger charge is -2.44. The van der Waals surface area contributed by atoms with Crippen molar-refractivity contribution in [1.82, 2.24) is 0 Å². The van der Waals surface area contributed by atoms with Crippen molar-refractivity contribution in [3.05, 3.63) is 10.5 Å². The van der Waals surface area contributed by atoms with Crippen molar-refractivity contribution in [2.24, 2.45) is 10.8 Å². The highest BCUT2D eigenvalue weighted by atomic mass is 32.2. The van der Waals surface area contributed by atoms with Crippen molar-refractivity contribution in [2.75, 3.05) is 6.61 Å². The Balaban J connectivity index is 2.28. The summed E-state index contributed by atoms with van der Waals surface area (Å²) in [5.74, 6) is -0.0535. The van der Waals surface area contributed by atoms with Crippen LogP contribution >= 0.6 is 11.8 Å². The predicted molar refractivity (Wildman–Crippen MR) is 76.5 cm³/mol. The topological polar surface area (TPSA) is 26.3 Å². The van der Waals surface area contributed by atoms with E-state index in [0.717, 1.165) is 0 Å². The van der Waals surface area contributed by atoms with Crippen LogP contribution in [0, 0.1) is 10.8 Å². The minimum absolute atomic E-state index is 0.0170. The summed E-state index contributed by atoms with van der Waals surface area (Å²) >= 11 is 1.70. The molecule has 0 aromatic rings. The molecule has 1 heterocycles. The van der Waals surface area contributed by atoms with E-state index in [4.69, 9.17) is 4.74 Å². The standard InChI is InChI=1S/C15H24O2S/c1-6-17-13(16)11-10(18-11)12-14(2,3)8-7-9-15(12,4)5/h11H,6-9H2,1-5H3. The number of carbonyl (C=O) groups excluding carboxylic acids is 1. The molecule has 1 aliphatic carbocycles. The summed E-state index contributed by atoms with van der Waals surface area (Å²) in [5, 5.41) is -0.0170. The number of carbonyl (C=O) groups is 1. The van der Waals surface area contributed by atoms with E-state index in [-0.39, 0.29) is 22.0 Å². The van der Waals surface area contributed by atoms with Gasteiger partial charge in [-0.25, -0.2) is 0 Å². The van der Waals surface area contributed by atoms with Crippen LogP contribution in [0.2, 0.25) is 0 Å². The van der Waals surface area contributed by atoms with Crippen LogP contribution in [0.1, 0.15) is 53.9 Å². The SMILES string of the molecule is CCOC(=O)C1SC1=C1C(C)(C)CCCC1(C)C. The first-order valence-corrected chi connectivity index (χ1v) is 7.76. The zero-order chi connectivity index (χ0) is 13.6. The van der Waals surface area contributed by atoms with Crippen molar-refractivity contribution in [3.63, 3.8) is 0 Å². The highest BCUT2D eigenvalue weighted by Gasteiger charge is 2.50. The molecule has 1 aliphatic heterocycles. The number of rotatable bonds is 2. The van der Waals surface area contributed by atoms with Crippen LogP contribution < -0.4 is 0 Å². The average Bonchev–Trinajstić information content (AvgIpc) is 2.95. The van der Waals surface area contributed by atoms with E-state index >= 15 is 0 Å². The normalized spacial score (nSPS) is 29.1. The first kappa shape index (κ1) is 14.0. The Morgan fingerprint density at radius 3 is 2.33 bits per heavy atom. The molecule has 2 aliphatic rings. The molecule has 0 aromatic carbocycles. The molecule has 1 atom stereocenters. The summed E-state index contributed by atoms with van der Waals surface area (Å²) in [6, 6.07) is 0. The van der Waals surface area contributed by atoms with Crippen LogP contribution in [-0.2, 0) is 9.53 Å². The maximum absolute atomic E-state index is 11.8. The number of allylic oxidation sites excluding steroid dienone is 1. The Morgan fingerprint density at radius 2 is 1.83 bits per heavy atom. The molecule has 1 saturated heterocycles. The van der Waals surface area contributed by atoms with Crippen LogP contribution in [-0.4, -0.2) is 17.8 Å². The van der Waals surface area contributed by atoms with Gasteiger partial charge in [-0.15, -0.1) is 11.8 Å². The third kappa shape index (κ3) is 2.47. The molecule has 3 heteroatoms. The van der Waals surface area contributed by atoms with Gasteiger partial charge in [0.1, 0.15) is 5.25 Å². The molecule has 1 unspecified atom stereocenters. The van der Waals surface area contributed by atoms with E-state index in [1.54, 1.807) is 11.8 Å². The second kappa shape index (κ2) is 4.59. The van der Waals surface area contributed by atoms with Gasteiger partial charge in [0.25, 0.3) is 0 Å². The largest absolute Gasteiger partial charge is 0.465 e. The second-order valence-electron chi connectivity index (χ2n) is 6.61. The van der Waals surface area contributed by atoms with E-state index in [1.165, 1.54) is 29.7 Å². The molecule has 0 bridgehead atoms. The van der Waals surface area contributed by atoms with Crippen molar-refractivity contribution in [3.8, 4) is 0 Å². The number of hydrogen-bond acceptors (Lipinski definition) is 3. The highest BCUT2D eigenvalue weighted by Crippen LogP contribution is 2.61. The summed E-state index contributed by atoms with van der Waals surface area (Å²) in [4.78, 5) is 13.1. The molecule has 1 saturated carbocycles. The summed E-state index contributed by atoms with van der Waals surface area (Å²) in [7, 11) is 0. The third-order valence-electron chi connectivity index (χ3n) is 4.13. The van der Waals surface area contributed by atoms with E-state index < -0.39 is 0 Å². The van der Waals surface area contributed by atoms with Crippen LogP contribution in [0.15, 0.2) is 10.5 Å². The fourth-order valence-electron chi connectivity index (χ4n) is 3.46. The Morgan fingerprint density at radius 1 is 1.28 bits per heavy atom. The molecule has 0 radical (unpaired) electrons. The second-order valence-corrected chi connectivity index (χ2v) is 7.76. The number of ether oxygens (including phenoxy) is 1. The van der Waals surface area contributed by atoms with Crippen LogP contribution in [0.4, 0.5) is 0 Å². The van der Waals surface area contributed by atoms with Crippen molar-refractivity contribution >= 4 is 17.7 Å². The number of hydrogen-bond donors (Lipinski definition) is 0.